The highest BCUT2D eigenvalue weighted by Crippen LogP contribution is 2.18. The van der Waals surface area contributed by atoms with E-state index < -0.39 is 0 Å². The summed E-state index contributed by atoms with van der Waals surface area (Å²) in [7, 11) is 1.96. The van der Waals surface area contributed by atoms with Gasteiger partial charge in [-0.3, -0.25) is 0 Å². The molecule has 0 amide bonds. The molecule has 0 saturated carbocycles. The number of likely N-dealkylation sites (N-methyl/N-ethyl adjacent to an activating group) is 1. The topological polar surface area (TPSA) is 12.0 Å². The summed E-state index contributed by atoms with van der Waals surface area (Å²) in [5.41, 5.74) is 2.73. The van der Waals surface area contributed by atoms with Gasteiger partial charge in [0, 0.05) is 0 Å². The van der Waals surface area contributed by atoms with Crippen molar-refractivity contribution in [2.24, 2.45) is 0 Å². The molecule has 0 fully saturated rings. The molecule has 1 aromatic rings. The van der Waals surface area contributed by atoms with Gasteiger partial charge in [0.25, 0.3) is 0 Å². The van der Waals surface area contributed by atoms with Gasteiger partial charge in [-0.2, -0.15) is 0 Å². The van der Waals surface area contributed by atoms with Gasteiger partial charge >= 0.3 is 0 Å². The molecule has 1 N–H and O–H groups in total. The fraction of sp³-hybridized carbons (Fsp3) is 0.333. The molecule has 1 aromatic carbocycles. The maximum atomic E-state index is 3.82. The van der Waals surface area contributed by atoms with Crippen LogP contribution in [0.3, 0.4) is 0 Å². The Labute approximate surface area is 80.5 Å². The Hall–Kier alpha value is -1.08. The van der Waals surface area contributed by atoms with Gasteiger partial charge in [0.05, 0.1) is 6.04 Å². The Morgan fingerprint density at radius 2 is 2.15 bits per heavy atom. The molecule has 0 aliphatic heterocycles. The van der Waals surface area contributed by atoms with Crippen LogP contribution < -0.4 is 5.32 Å². The molecule has 1 atom stereocenters. The van der Waals surface area contributed by atoms with Crippen molar-refractivity contribution in [1.82, 2.24) is 5.32 Å². The summed E-state index contributed by atoms with van der Waals surface area (Å²) in [6, 6.07) is 8.75. The number of hydrogen-bond donors (Lipinski definition) is 1. The first-order valence-corrected chi connectivity index (χ1v) is 4.71. The first-order valence-electron chi connectivity index (χ1n) is 4.71. The first-order chi connectivity index (χ1) is 6.33. The van der Waals surface area contributed by atoms with E-state index in [4.69, 9.17) is 0 Å². The standard InChI is InChI=1S/C12H17N/c1-4-10-8-6-7-9-11(10)12(5-2)13-3/h5-9,12-13H,2,4H2,1,3H3. The van der Waals surface area contributed by atoms with Crippen LogP contribution in [0.5, 0.6) is 0 Å². The van der Waals surface area contributed by atoms with E-state index in [9.17, 15) is 0 Å². The van der Waals surface area contributed by atoms with Gasteiger partial charge in [-0.05, 0) is 24.6 Å². The zero-order valence-electron chi connectivity index (χ0n) is 8.38. The zero-order chi connectivity index (χ0) is 9.68. The molecule has 0 aliphatic carbocycles. The van der Waals surface area contributed by atoms with Crippen LogP contribution in [0.15, 0.2) is 36.9 Å². The van der Waals surface area contributed by atoms with Gasteiger partial charge in [-0.25, -0.2) is 0 Å². The van der Waals surface area contributed by atoms with Crippen molar-refractivity contribution in [3.63, 3.8) is 0 Å². The molecule has 0 radical (unpaired) electrons. The molecular formula is C12H17N. The number of nitrogens with one attached hydrogen (secondary N) is 1. The minimum Gasteiger partial charge on any atom is -0.310 e. The van der Waals surface area contributed by atoms with E-state index in [0.29, 0.717) is 0 Å². The summed E-state index contributed by atoms with van der Waals surface area (Å²) in [6.07, 6.45) is 3.01. The summed E-state index contributed by atoms with van der Waals surface area (Å²) >= 11 is 0. The maximum absolute atomic E-state index is 3.82. The summed E-state index contributed by atoms with van der Waals surface area (Å²) in [5, 5.41) is 3.22. The van der Waals surface area contributed by atoms with Crippen LogP contribution >= 0.6 is 0 Å². The Morgan fingerprint density at radius 1 is 1.46 bits per heavy atom. The smallest absolute Gasteiger partial charge is 0.0503 e. The average molecular weight is 175 g/mol. The fourth-order valence-corrected chi connectivity index (χ4v) is 1.56. The van der Waals surface area contributed by atoms with Crippen LogP contribution in [-0.2, 0) is 6.42 Å². The van der Waals surface area contributed by atoms with Crippen molar-refractivity contribution in [3.8, 4) is 0 Å². The lowest BCUT2D eigenvalue weighted by atomic mass is 9.99. The van der Waals surface area contributed by atoms with Gasteiger partial charge in [0.2, 0.25) is 0 Å². The van der Waals surface area contributed by atoms with Crippen molar-refractivity contribution in [2.75, 3.05) is 7.05 Å². The van der Waals surface area contributed by atoms with Gasteiger partial charge in [0.15, 0.2) is 0 Å². The maximum Gasteiger partial charge on any atom is 0.0503 e. The number of aryl methyl sites for hydroxylation is 1. The summed E-state index contributed by atoms with van der Waals surface area (Å²) in [4.78, 5) is 0. The predicted octanol–water partition coefficient (Wildman–Crippen LogP) is 2.70. The monoisotopic (exact) mass is 175 g/mol. The molecule has 1 heteroatoms. The molecule has 0 heterocycles. The van der Waals surface area contributed by atoms with E-state index in [-0.39, 0.29) is 6.04 Å². The molecule has 1 rings (SSSR count). The summed E-state index contributed by atoms with van der Waals surface area (Å²) < 4.78 is 0. The van der Waals surface area contributed by atoms with Crippen LogP contribution in [0.4, 0.5) is 0 Å². The lowest BCUT2D eigenvalue weighted by Crippen LogP contribution is -2.15. The molecular weight excluding hydrogens is 158 g/mol. The van der Waals surface area contributed by atoms with Crippen LogP contribution in [0.1, 0.15) is 24.1 Å². The Kier molecular flexibility index (Phi) is 3.71. The summed E-state index contributed by atoms with van der Waals surface area (Å²) in [5.74, 6) is 0. The third-order valence-corrected chi connectivity index (χ3v) is 2.32. The second kappa shape index (κ2) is 4.83. The number of benzene rings is 1. The van der Waals surface area contributed by atoms with Crippen LogP contribution in [0, 0.1) is 0 Å². The summed E-state index contributed by atoms with van der Waals surface area (Å²) in [6.45, 7) is 6.00. The minimum atomic E-state index is 0.274. The molecule has 1 nitrogen and oxygen atoms in total. The molecule has 0 aliphatic rings. The lowest BCUT2D eigenvalue weighted by Gasteiger charge is -2.15. The molecule has 70 valence electrons. The second-order valence-electron chi connectivity index (χ2n) is 3.05. The SMILES string of the molecule is C=CC(NC)c1ccccc1CC. The largest absolute Gasteiger partial charge is 0.310 e. The third kappa shape index (κ3) is 2.19. The van der Waals surface area contributed by atoms with E-state index in [1.54, 1.807) is 0 Å². The normalized spacial score (nSPS) is 12.5. The van der Waals surface area contributed by atoms with E-state index >= 15 is 0 Å². The molecule has 0 saturated heterocycles. The minimum absolute atomic E-state index is 0.274. The molecule has 0 spiro atoms. The lowest BCUT2D eigenvalue weighted by molar-refractivity contribution is 0.708. The Balaban J connectivity index is 3.03. The highest BCUT2D eigenvalue weighted by molar-refractivity contribution is 5.32. The highest BCUT2D eigenvalue weighted by Gasteiger charge is 2.07. The highest BCUT2D eigenvalue weighted by atomic mass is 14.9. The van der Waals surface area contributed by atoms with Crippen molar-refractivity contribution < 1.29 is 0 Å². The van der Waals surface area contributed by atoms with Crippen molar-refractivity contribution in [3.05, 3.63) is 48.0 Å². The molecule has 0 bridgehead atoms. The van der Waals surface area contributed by atoms with E-state index in [0.717, 1.165) is 6.42 Å². The fourth-order valence-electron chi connectivity index (χ4n) is 1.56. The zero-order valence-corrected chi connectivity index (χ0v) is 8.38. The van der Waals surface area contributed by atoms with Crippen LogP contribution in [0.2, 0.25) is 0 Å². The van der Waals surface area contributed by atoms with Crippen molar-refractivity contribution in [1.29, 1.82) is 0 Å². The molecule has 0 aromatic heterocycles. The Bertz CT molecular complexity index is 278. The van der Waals surface area contributed by atoms with Gasteiger partial charge in [-0.1, -0.05) is 37.3 Å². The van der Waals surface area contributed by atoms with Gasteiger partial charge < -0.3 is 5.32 Å². The quantitative estimate of drug-likeness (QED) is 0.694. The third-order valence-electron chi connectivity index (χ3n) is 2.32. The van der Waals surface area contributed by atoms with Crippen LogP contribution in [0.25, 0.3) is 0 Å². The van der Waals surface area contributed by atoms with Crippen molar-refractivity contribution >= 4 is 0 Å². The first kappa shape index (κ1) is 10.0. The van der Waals surface area contributed by atoms with E-state index in [2.05, 4.69) is 43.1 Å². The average Bonchev–Trinajstić information content (AvgIpc) is 2.20. The van der Waals surface area contributed by atoms with E-state index in [1.165, 1.54) is 11.1 Å². The molecule has 1 unspecified atom stereocenters. The van der Waals surface area contributed by atoms with Gasteiger partial charge in [0.1, 0.15) is 0 Å². The van der Waals surface area contributed by atoms with Gasteiger partial charge in [-0.15, -0.1) is 6.58 Å². The molecule has 13 heavy (non-hydrogen) atoms. The van der Waals surface area contributed by atoms with E-state index in [1.807, 2.05) is 13.1 Å². The Morgan fingerprint density at radius 3 is 2.69 bits per heavy atom. The van der Waals surface area contributed by atoms with Crippen molar-refractivity contribution in [2.45, 2.75) is 19.4 Å². The number of rotatable bonds is 4. The van der Waals surface area contributed by atoms with Crippen LogP contribution in [-0.4, -0.2) is 7.05 Å². The predicted molar refractivity (Wildman–Crippen MR) is 57.8 cm³/mol. The second-order valence-corrected chi connectivity index (χ2v) is 3.05. The number of hydrogen-bond acceptors (Lipinski definition) is 1.